The van der Waals surface area contributed by atoms with E-state index in [1.807, 2.05) is 0 Å². The van der Waals surface area contributed by atoms with Crippen LogP contribution in [0.15, 0.2) is 36.4 Å². The van der Waals surface area contributed by atoms with E-state index in [9.17, 15) is 15.0 Å². The van der Waals surface area contributed by atoms with Gasteiger partial charge in [-0.05, 0) is 80.1 Å². The van der Waals surface area contributed by atoms with E-state index >= 15 is 0 Å². The maximum absolute atomic E-state index is 11.6. The van der Waals surface area contributed by atoms with Gasteiger partial charge in [0.2, 0.25) is 0 Å². The Bertz CT molecular complexity index is 764. The summed E-state index contributed by atoms with van der Waals surface area (Å²) in [5.74, 6) is 0.0321. The molecular weight excluding hydrogens is 314 g/mol. The van der Waals surface area contributed by atoms with Crippen LogP contribution in [0.5, 0.6) is 11.5 Å². The Morgan fingerprint density at radius 1 is 1.12 bits per heavy atom. The van der Waals surface area contributed by atoms with E-state index < -0.39 is 0 Å². The Morgan fingerprint density at radius 2 is 1.96 bits per heavy atom. The van der Waals surface area contributed by atoms with E-state index in [1.54, 1.807) is 24.3 Å². The highest BCUT2D eigenvalue weighted by Crippen LogP contribution is 2.30. The predicted octanol–water partition coefficient (Wildman–Crippen LogP) is 4.04. The number of aromatic hydroxyl groups is 2. The van der Waals surface area contributed by atoms with Crippen molar-refractivity contribution in [2.24, 2.45) is 0 Å². The van der Waals surface area contributed by atoms with E-state index in [2.05, 4.69) is 11.4 Å². The van der Waals surface area contributed by atoms with E-state index in [1.165, 1.54) is 32.3 Å². The summed E-state index contributed by atoms with van der Waals surface area (Å²) in [6.45, 7) is 2.53. The van der Waals surface area contributed by atoms with Crippen LogP contribution in [-0.2, 0) is 6.42 Å². The van der Waals surface area contributed by atoms with Gasteiger partial charge in [0.25, 0.3) is 0 Å². The summed E-state index contributed by atoms with van der Waals surface area (Å²) in [5.41, 5.74) is 3.05. The largest absolute Gasteiger partial charge is 0.508 e. The molecule has 0 amide bonds. The number of carbonyl (C=O) groups excluding carboxylic acids is 1. The fourth-order valence-electron chi connectivity index (χ4n) is 3.49. The van der Waals surface area contributed by atoms with Crippen molar-refractivity contribution in [2.45, 2.75) is 45.1 Å². The molecule has 1 unspecified atom stereocenters. The van der Waals surface area contributed by atoms with Crippen molar-refractivity contribution in [3.8, 4) is 22.6 Å². The number of hydrogen-bond acceptors (Lipinski definition) is 4. The molecule has 4 heteroatoms. The third-order valence-electron chi connectivity index (χ3n) is 4.88. The summed E-state index contributed by atoms with van der Waals surface area (Å²) in [4.78, 5) is 11.6. The standard InChI is InChI=1S/C21H25NO3/c1-14(23)20-13-16(6-8-21(20)25)17-10-15(11-19(24)12-17)5-7-18-4-2-3-9-22-18/h6,8,10-13,18,22,24-25H,2-5,7,9H2,1H3. The Morgan fingerprint density at radius 3 is 2.68 bits per heavy atom. The molecule has 2 aromatic rings. The van der Waals surface area contributed by atoms with Crippen LogP contribution in [0.2, 0.25) is 0 Å². The normalized spacial score (nSPS) is 17.4. The quantitative estimate of drug-likeness (QED) is 0.719. The number of carbonyl (C=O) groups is 1. The third-order valence-corrected chi connectivity index (χ3v) is 4.88. The second kappa shape index (κ2) is 7.70. The van der Waals surface area contributed by atoms with Gasteiger partial charge in [0.15, 0.2) is 5.78 Å². The lowest BCUT2D eigenvalue weighted by Gasteiger charge is -2.23. The summed E-state index contributed by atoms with van der Waals surface area (Å²) in [6.07, 6.45) is 5.70. The number of ketones is 1. The van der Waals surface area contributed by atoms with Crippen molar-refractivity contribution >= 4 is 5.78 Å². The minimum Gasteiger partial charge on any atom is -0.508 e. The van der Waals surface area contributed by atoms with Crippen molar-refractivity contribution < 1.29 is 15.0 Å². The molecule has 0 spiro atoms. The fraction of sp³-hybridized carbons (Fsp3) is 0.381. The van der Waals surface area contributed by atoms with Gasteiger partial charge < -0.3 is 15.5 Å². The van der Waals surface area contributed by atoms with Crippen LogP contribution in [0, 0.1) is 0 Å². The van der Waals surface area contributed by atoms with Gasteiger partial charge in [-0.15, -0.1) is 0 Å². The molecule has 0 saturated carbocycles. The maximum Gasteiger partial charge on any atom is 0.163 e. The minimum atomic E-state index is -0.178. The monoisotopic (exact) mass is 339 g/mol. The summed E-state index contributed by atoms with van der Waals surface area (Å²) in [5, 5.41) is 23.5. The van der Waals surface area contributed by atoms with Gasteiger partial charge in [-0.3, -0.25) is 4.79 Å². The first-order chi connectivity index (χ1) is 12.0. The van der Waals surface area contributed by atoms with Gasteiger partial charge >= 0.3 is 0 Å². The molecule has 0 radical (unpaired) electrons. The number of aryl methyl sites for hydroxylation is 1. The summed E-state index contributed by atoms with van der Waals surface area (Å²) < 4.78 is 0. The first kappa shape index (κ1) is 17.5. The zero-order valence-electron chi connectivity index (χ0n) is 14.6. The molecule has 25 heavy (non-hydrogen) atoms. The number of benzene rings is 2. The number of nitrogens with one attached hydrogen (secondary N) is 1. The summed E-state index contributed by atoms with van der Waals surface area (Å²) in [7, 11) is 0. The first-order valence-corrected chi connectivity index (χ1v) is 8.93. The molecule has 1 aliphatic heterocycles. The maximum atomic E-state index is 11.6. The number of piperidine rings is 1. The molecule has 4 nitrogen and oxygen atoms in total. The minimum absolute atomic E-state index is 0.0139. The highest BCUT2D eigenvalue weighted by atomic mass is 16.3. The van der Waals surface area contributed by atoms with Crippen LogP contribution in [0.3, 0.4) is 0 Å². The molecule has 1 atom stereocenters. The van der Waals surface area contributed by atoms with E-state index in [-0.39, 0.29) is 17.3 Å². The van der Waals surface area contributed by atoms with E-state index in [0.717, 1.165) is 36.1 Å². The lowest BCUT2D eigenvalue weighted by Crippen LogP contribution is -2.34. The van der Waals surface area contributed by atoms with Crippen molar-refractivity contribution in [3.63, 3.8) is 0 Å². The van der Waals surface area contributed by atoms with Gasteiger partial charge in [0, 0.05) is 6.04 Å². The van der Waals surface area contributed by atoms with Gasteiger partial charge in [-0.2, -0.15) is 0 Å². The second-order valence-corrected chi connectivity index (χ2v) is 6.86. The van der Waals surface area contributed by atoms with Crippen molar-refractivity contribution in [2.75, 3.05) is 6.54 Å². The van der Waals surface area contributed by atoms with Crippen LogP contribution in [0.1, 0.15) is 48.5 Å². The molecule has 1 heterocycles. The van der Waals surface area contributed by atoms with Crippen LogP contribution < -0.4 is 5.32 Å². The summed E-state index contributed by atoms with van der Waals surface area (Å²) >= 11 is 0. The average molecular weight is 339 g/mol. The number of phenolic OH excluding ortho intramolecular Hbond substituents is 2. The predicted molar refractivity (Wildman–Crippen MR) is 99.2 cm³/mol. The molecular formula is C21H25NO3. The lowest BCUT2D eigenvalue weighted by atomic mass is 9.95. The lowest BCUT2D eigenvalue weighted by molar-refractivity contribution is 0.101. The molecule has 1 saturated heterocycles. The van der Waals surface area contributed by atoms with Crippen LogP contribution >= 0.6 is 0 Å². The third kappa shape index (κ3) is 4.40. The van der Waals surface area contributed by atoms with Gasteiger partial charge in [0.1, 0.15) is 11.5 Å². The molecule has 0 aliphatic carbocycles. The smallest absolute Gasteiger partial charge is 0.163 e. The highest BCUT2D eigenvalue weighted by Gasteiger charge is 2.13. The zero-order chi connectivity index (χ0) is 17.8. The highest BCUT2D eigenvalue weighted by molar-refractivity contribution is 5.98. The zero-order valence-corrected chi connectivity index (χ0v) is 14.6. The molecule has 3 N–H and O–H groups in total. The topological polar surface area (TPSA) is 69.6 Å². The Hall–Kier alpha value is -2.33. The first-order valence-electron chi connectivity index (χ1n) is 8.93. The Kier molecular flexibility index (Phi) is 5.39. The molecule has 2 aromatic carbocycles. The SMILES string of the molecule is CC(=O)c1cc(-c2cc(O)cc(CCC3CCCCN3)c2)ccc1O. The van der Waals surface area contributed by atoms with Crippen molar-refractivity contribution in [1.29, 1.82) is 0 Å². The molecule has 0 aromatic heterocycles. The van der Waals surface area contributed by atoms with Crippen molar-refractivity contribution in [3.05, 3.63) is 47.5 Å². The molecule has 1 aliphatic rings. The number of Topliss-reactive ketones (excluding diaryl/α,β-unsaturated/α-hetero) is 1. The number of phenols is 2. The van der Waals surface area contributed by atoms with Crippen LogP contribution in [0.4, 0.5) is 0 Å². The van der Waals surface area contributed by atoms with E-state index in [4.69, 9.17) is 0 Å². The number of hydrogen-bond donors (Lipinski definition) is 3. The Balaban J connectivity index is 1.81. The van der Waals surface area contributed by atoms with Crippen molar-refractivity contribution in [1.82, 2.24) is 5.32 Å². The second-order valence-electron chi connectivity index (χ2n) is 6.86. The van der Waals surface area contributed by atoms with Gasteiger partial charge in [-0.25, -0.2) is 0 Å². The van der Waals surface area contributed by atoms with E-state index in [0.29, 0.717) is 11.6 Å². The van der Waals surface area contributed by atoms with Crippen LogP contribution in [-0.4, -0.2) is 28.6 Å². The van der Waals surface area contributed by atoms with Crippen LogP contribution in [0.25, 0.3) is 11.1 Å². The van der Waals surface area contributed by atoms with Gasteiger partial charge in [0.05, 0.1) is 5.56 Å². The molecule has 132 valence electrons. The Labute approximate surface area is 148 Å². The molecule has 1 fully saturated rings. The van der Waals surface area contributed by atoms with Gasteiger partial charge in [-0.1, -0.05) is 18.6 Å². The molecule has 3 rings (SSSR count). The molecule has 0 bridgehead atoms. The fourth-order valence-corrected chi connectivity index (χ4v) is 3.49. The summed E-state index contributed by atoms with van der Waals surface area (Å²) in [6, 6.07) is 11.1. The number of rotatable bonds is 5. The average Bonchev–Trinajstić information content (AvgIpc) is 2.60.